The second-order valence-corrected chi connectivity index (χ2v) is 4.23. The van der Waals surface area contributed by atoms with E-state index in [0.29, 0.717) is 6.04 Å². The van der Waals surface area contributed by atoms with Crippen LogP contribution >= 0.6 is 0 Å². The van der Waals surface area contributed by atoms with Crippen molar-refractivity contribution in [3.8, 4) is 0 Å². The Morgan fingerprint density at radius 3 is 2.77 bits per heavy atom. The van der Waals surface area contributed by atoms with Crippen LogP contribution in [0.25, 0.3) is 0 Å². The summed E-state index contributed by atoms with van der Waals surface area (Å²) in [5.74, 6) is 0. The van der Waals surface area contributed by atoms with Gasteiger partial charge in [-0.1, -0.05) is 24.3 Å². The van der Waals surface area contributed by atoms with Gasteiger partial charge in [-0.3, -0.25) is 0 Å². The van der Waals surface area contributed by atoms with Crippen LogP contribution in [0.3, 0.4) is 0 Å². The van der Waals surface area contributed by atoms with Crippen LogP contribution in [-0.2, 0) is 6.42 Å². The van der Waals surface area contributed by atoms with Gasteiger partial charge < -0.3 is 5.32 Å². The molecule has 0 radical (unpaired) electrons. The van der Waals surface area contributed by atoms with Crippen molar-refractivity contribution < 1.29 is 0 Å². The Labute approximate surface area is 79.2 Å². The monoisotopic (exact) mass is 173 g/mol. The van der Waals surface area contributed by atoms with Crippen molar-refractivity contribution >= 4 is 0 Å². The third kappa shape index (κ3) is 1.37. The average Bonchev–Trinajstić information content (AvgIpc) is 2.88. The molecule has 0 saturated heterocycles. The Balaban J connectivity index is 1.84. The van der Waals surface area contributed by atoms with Crippen molar-refractivity contribution in [1.82, 2.24) is 5.32 Å². The SMILES string of the molecule is c1ccc2c(c1)CC[C@@H]2NC1CC1. The van der Waals surface area contributed by atoms with Gasteiger partial charge in [-0.2, -0.15) is 0 Å². The predicted molar refractivity (Wildman–Crippen MR) is 53.7 cm³/mol. The summed E-state index contributed by atoms with van der Waals surface area (Å²) in [5, 5.41) is 3.71. The standard InChI is InChI=1S/C12H15N/c1-2-4-11-9(3-1)5-8-12(11)13-10-6-7-10/h1-4,10,12-13H,5-8H2/t12-/m0/s1. The fraction of sp³-hybridized carbons (Fsp3) is 0.500. The molecule has 0 spiro atoms. The summed E-state index contributed by atoms with van der Waals surface area (Å²) in [6.45, 7) is 0. The third-order valence-electron chi connectivity index (χ3n) is 3.15. The Hall–Kier alpha value is -0.820. The second kappa shape index (κ2) is 2.85. The highest BCUT2D eigenvalue weighted by atomic mass is 15.0. The molecule has 68 valence electrons. The van der Waals surface area contributed by atoms with E-state index in [-0.39, 0.29) is 0 Å². The van der Waals surface area contributed by atoms with Crippen LogP contribution in [0.1, 0.15) is 36.4 Å². The Kier molecular flexibility index (Phi) is 1.66. The molecule has 1 aromatic rings. The first-order chi connectivity index (χ1) is 6.43. The van der Waals surface area contributed by atoms with Gasteiger partial charge in [0.1, 0.15) is 0 Å². The highest BCUT2D eigenvalue weighted by molar-refractivity contribution is 5.34. The summed E-state index contributed by atoms with van der Waals surface area (Å²) in [7, 11) is 0. The topological polar surface area (TPSA) is 12.0 Å². The van der Waals surface area contributed by atoms with Crippen molar-refractivity contribution in [3.05, 3.63) is 35.4 Å². The summed E-state index contributed by atoms with van der Waals surface area (Å²) in [4.78, 5) is 0. The summed E-state index contributed by atoms with van der Waals surface area (Å²) in [6, 6.07) is 10.3. The van der Waals surface area contributed by atoms with E-state index in [1.54, 1.807) is 11.1 Å². The fourth-order valence-corrected chi connectivity index (χ4v) is 2.26. The minimum absolute atomic E-state index is 0.656. The number of hydrogen-bond donors (Lipinski definition) is 1. The molecule has 2 aliphatic rings. The smallest absolute Gasteiger partial charge is 0.0328 e. The lowest BCUT2D eigenvalue weighted by atomic mass is 10.1. The molecule has 1 fully saturated rings. The van der Waals surface area contributed by atoms with Gasteiger partial charge in [0.15, 0.2) is 0 Å². The minimum Gasteiger partial charge on any atom is -0.307 e. The van der Waals surface area contributed by atoms with Crippen LogP contribution in [-0.4, -0.2) is 6.04 Å². The highest BCUT2D eigenvalue weighted by Crippen LogP contribution is 2.33. The zero-order chi connectivity index (χ0) is 8.67. The zero-order valence-corrected chi connectivity index (χ0v) is 7.79. The van der Waals surface area contributed by atoms with E-state index in [0.717, 1.165) is 6.04 Å². The van der Waals surface area contributed by atoms with E-state index >= 15 is 0 Å². The van der Waals surface area contributed by atoms with Gasteiger partial charge in [-0.05, 0) is 36.8 Å². The molecule has 1 saturated carbocycles. The normalized spacial score (nSPS) is 26.0. The van der Waals surface area contributed by atoms with Gasteiger partial charge >= 0.3 is 0 Å². The van der Waals surface area contributed by atoms with Gasteiger partial charge in [0.05, 0.1) is 0 Å². The van der Waals surface area contributed by atoms with Crippen molar-refractivity contribution in [1.29, 1.82) is 0 Å². The molecule has 0 aliphatic heterocycles. The maximum absolute atomic E-state index is 3.71. The van der Waals surface area contributed by atoms with Gasteiger partial charge in [-0.25, -0.2) is 0 Å². The second-order valence-electron chi connectivity index (χ2n) is 4.23. The number of fused-ring (bicyclic) bond motifs is 1. The molecular formula is C12H15N. The Morgan fingerprint density at radius 1 is 1.08 bits per heavy atom. The predicted octanol–water partition coefficient (Wildman–Crippen LogP) is 2.43. The largest absolute Gasteiger partial charge is 0.307 e. The average molecular weight is 173 g/mol. The molecular weight excluding hydrogens is 158 g/mol. The molecule has 0 unspecified atom stereocenters. The van der Waals surface area contributed by atoms with Crippen LogP contribution < -0.4 is 5.32 Å². The molecule has 0 amide bonds. The summed E-state index contributed by atoms with van der Waals surface area (Å²) < 4.78 is 0. The molecule has 3 rings (SSSR count). The van der Waals surface area contributed by atoms with Gasteiger partial charge in [-0.15, -0.1) is 0 Å². The quantitative estimate of drug-likeness (QED) is 0.724. The van der Waals surface area contributed by atoms with E-state index in [9.17, 15) is 0 Å². The summed E-state index contributed by atoms with van der Waals surface area (Å²) in [5.41, 5.74) is 3.11. The fourth-order valence-electron chi connectivity index (χ4n) is 2.26. The van der Waals surface area contributed by atoms with Crippen LogP contribution in [0.4, 0.5) is 0 Å². The summed E-state index contributed by atoms with van der Waals surface area (Å²) >= 11 is 0. The number of rotatable bonds is 2. The number of nitrogens with one attached hydrogen (secondary N) is 1. The lowest BCUT2D eigenvalue weighted by Gasteiger charge is -2.12. The molecule has 13 heavy (non-hydrogen) atoms. The lowest BCUT2D eigenvalue weighted by molar-refractivity contribution is 0.527. The van der Waals surface area contributed by atoms with Crippen LogP contribution in [0.2, 0.25) is 0 Å². The Morgan fingerprint density at radius 2 is 1.92 bits per heavy atom. The van der Waals surface area contributed by atoms with Gasteiger partial charge in [0, 0.05) is 12.1 Å². The highest BCUT2D eigenvalue weighted by Gasteiger charge is 2.28. The van der Waals surface area contributed by atoms with E-state index in [1.165, 1.54) is 25.7 Å². The molecule has 0 bridgehead atoms. The van der Waals surface area contributed by atoms with Gasteiger partial charge in [0.2, 0.25) is 0 Å². The van der Waals surface area contributed by atoms with E-state index in [4.69, 9.17) is 0 Å². The maximum atomic E-state index is 3.71. The van der Waals surface area contributed by atoms with Crippen molar-refractivity contribution in [2.24, 2.45) is 0 Å². The molecule has 1 nitrogen and oxygen atoms in total. The zero-order valence-electron chi connectivity index (χ0n) is 7.79. The van der Waals surface area contributed by atoms with Crippen molar-refractivity contribution in [2.75, 3.05) is 0 Å². The van der Waals surface area contributed by atoms with Crippen LogP contribution in [0.5, 0.6) is 0 Å². The van der Waals surface area contributed by atoms with Gasteiger partial charge in [0.25, 0.3) is 0 Å². The van der Waals surface area contributed by atoms with Crippen LogP contribution in [0, 0.1) is 0 Å². The molecule has 1 N–H and O–H groups in total. The molecule has 1 atom stereocenters. The van der Waals surface area contributed by atoms with Crippen LogP contribution in [0.15, 0.2) is 24.3 Å². The molecule has 1 aromatic carbocycles. The number of hydrogen-bond acceptors (Lipinski definition) is 1. The molecule has 0 aromatic heterocycles. The van der Waals surface area contributed by atoms with E-state index in [2.05, 4.69) is 29.6 Å². The minimum atomic E-state index is 0.656. The first-order valence-corrected chi connectivity index (χ1v) is 5.27. The number of aryl methyl sites for hydroxylation is 1. The summed E-state index contributed by atoms with van der Waals surface area (Å²) in [6.07, 6.45) is 5.34. The molecule has 1 heteroatoms. The molecule has 2 aliphatic carbocycles. The molecule has 0 heterocycles. The third-order valence-corrected chi connectivity index (χ3v) is 3.15. The maximum Gasteiger partial charge on any atom is 0.0328 e. The van der Waals surface area contributed by atoms with Crippen molar-refractivity contribution in [3.63, 3.8) is 0 Å². The van der Waals surface area contributed by atoms with E-state index < -0.39 is 0 Å². The Bertz CT molecular complexity index is 315. The van der Waals surface area contributed by atoms with E-state index in [1.807, 2.05) is 0 Å². The first kappa shape index (κ1) is 7.57. The van der Waals surface area contributed by atoms with Crippen molar-refractivity contribution in [2.45, 2.75) is 37.8 Å². The number of benzene rings is 1. The first-order valence-electron chi connectivity index (χ1n) is 5.27. The lowest BCUT2D eigenvalue weighted by Crippen LogP contribution is -2.21.